The maximum absolute atomic E-state index is 4.31. The van der Waals surface area contributed by atoms with Gasteiger partial charge in [-0.05, 0) is 59.2 Å². The lowest BCUT2D eigenvalue weighted by atomic mass is 9.78. The average Bonchev–Trinajstić information content (AvgIpc) is 3.40. The third-order valence-corrected chi connectivity index (χ3v) is 8.70. The molecular formula is C40H34N2. The molecular weight excluding hydrogens is 508 g/mol. The largest absolute Gasteiger partial charge is 0.337 e. The zero-order chi connectivity index (χ0) is 28.7. The predicted molar refractivity (Wildman–Crippen MR) is 180 cm³/mol. The highest BCUT2D eigenvalue weighted by Gasteiger charge is 2.24. The van der Waals surface area contributed by atoms with Crippen molar-refractivity contribution in [3.05, 3.63) is 169 Å². The first kappa shape index (κ1) is 25.9. The fraction of sp³-hybridized carbons (Fsp3) is 0.100. The molecule has 0 aliphatic carbocycles. The number of anilines is 2. The molecule has 204 valence electrons. The summed E-state index contributed by atoms with van der Waals surface area (Å²) in [5.41, 5.74) is 10.6. The molecule has 0 spiro atoms. The third-order valence-electron chi connectivity index (χ3n) is 8.70. The molecule has 0 bridgehead atoms. The molecule has 1 aromatic heterocycles. The molecule has 2 nitrogen and oxygen atoms in total. The van der Waals surface area contributed by atoms with Crippen LogP contribution in [0.1, 0.15) is 30.5 Å². The van der Waals surface area contributed by atoms with Gasteiger partial charge in [-0.15, -0.1) is 0 Å². The summed E-state index contributed by atoms with van der Waals surface area (Å²) in [6, 6.07) is 44.0. The van der Waals surface area contributed by atoms with Crippen LogP contribution >= 0.6 is 0 Å². The van der Waals surface area contributed by atoms with Gasteiger partial charge in [-0.25, -0.2) is 0 Å². The Morgan fingerprint density at radius 1 is 0.595 bits per heavy atom. The van der Waals surface area contributed by atoms with Gasteiger partial charge >= 0.3 is 0 Å². The Morgan fingerprint density at radius 3 is 1.79 bits per heavy atom. The summed E-state index contributed by atoms with van der Waals surface area (Å²) in [5, 5.41) is 2.57. The van der Waals surface area contributed by atoms with E-state index in [9.17, 15) is 0 Å². The van der Waals surface area contributed by atoms with Crippen molar-refractivity contribution >= 4 is 38.8 Å². The van der Waals surface area contributed by atoms with Crippen LogP contribution in [0.15, 0.2) is 152 Å². The lowest BCUT2D eigenvalue weighted by Crippen LogP contribution is -2.20. The van der Waals surface area contributed by atoms with E-state index in [4.69, 9.17) is 0 Å². The topological polar surface area (TPSA) is 8.17 Å². The van der Waals surface area contributed by atoms with Crippen LogP contribution in [0, 0.1) is 0 Å². The van der Waals surface area contributed by atoms with E-state index in [0.717, 1.165) is 17.7 Å². The van der Waals surface area contributed by atoms with Gasteiger partial charge in [0.1, 0.15) is 0 Å². The SMILES string of the molecule is C=C1/C=C\C=C/CN(c2ccc(C(C)(C)c3ccc(-n4c5ccccc5c5ccccc54)cc3)cc2)c2ccccc21. The number of hydrogen-bond donors (Lipinski definition) is 0. The number of hydrogen-bond acceptors (Lipinski definition) is 1. The number of allylic oxidation sites excluding steroid dienone is 4. The second-order valence-corrected chi connectivity index (χ2v) is 11.5. The smallest absolute Gasteiger partial charge is 0.0541 e. The predicted octanol–water partition coefficient (Wildman–Crippen LogP) is 10.4. The molecule has 0 saturated heterocycles. The van der Waals surface area contributed by atoms with Crippen LogP contribution in [0.2, 0.25) is 0 Å². The highest BCUT2D eigenvalue weighted by molar-refractivity contribution is 6.09. The summed E-state index contributed by atoms with van der Waals surface area (Å²) < 4.78 is 2.37. The van der Waals surface area contributed by atoms with Gasteiger partial charge in [-0.2, -0.15) is 0 Å². The zero-order valence-electron chi connectivity index (χ0n) is 24.2. The van der Waals surface area contributed by atoms with E-state index in [1.54, 1.807) is 0 Å². The number of para-hydroxylation sites is 3. The van der Waals surface area contributed by atoms with Crippen LogP contribution in [-0.4, -0.2) is 11.1 Å². The van der Waals surface area contributed by atoms with Gasteiger partial charge in [0, 0.05) is 45.4 Å². The van der Waals surface area contributed by atoms with Crippen LogP contribution in [0.5, 0.6) is 0 Å². The summed E-state index contributed by atoms with van der Waals surface area (Å²) in [5.74, 6) is 0. The molecule has 1 aliphatic rings. The molecule has 2 heterocycles. The molecule has 0 N–H and O–H groups in total. The average molecular weight is 543 g/mol. The van der Waals surface area contributed by atoms with Gasteiger partial charge in [0.2, 0.25) is 0 Å². The van der Waals surface area contributed by atoms with E-state index < -0.39 is 0 Å². The fourth-order valence-corrected chi connectivity index (χ4v) is 6.28. The Kier molecular flexibility index (Phi) is 6.40. The van der Waals surface area contributed by atoms with Crippen molar-refractivity contribution in [1.82, 2.24) is 4.57 Å². The number of rotatable bonds is 4. The van der Waals surface area contributed by atoms with Gasteiger partial charge in [-0.3, -0.25) is 0 Å². The molecule has 7 rings (SSSR count). The highest BCUT2D eigenvalue weighted by atomic mass is 15.1. The number of fused-ring (bicyclic) bond motifs is 4. The second kappa shape index (κ2) is 10.4. The maximum atomic E-state index is 4.31. The summed E-state index contributed by atoms with van der Waals surface area (Å²) in [6.45, 7) is 9.73. The van der Waals surface area contributed by atoms with Crippen LogP contribution in [0.3, 0.4) is 0 Å². The van der Waals surface area contributed by atoms with Crippen molar-refractivity contribution in [1.29, 1.82) is 0 Å². The molecule has 0 fully saturated rings. The molecule has 6 aromatic rings. The standard InChI is InChI=1S/C40H34N2/c1-29-13-5-4-12-28-41(37-17-9-6-14-34(29)37)32-24-20-30(21-25-32)40(2,3)31-22-26-33(27-23-31)42-38-18-10-7-15-35(38)36-16-8-11-19-39(36)42/h4-27H,1,28H2,2-3H3/b12-4-,13-5-. The van der Waals surface area contributed by atoms with Gasteiger partial charge in [0.25, 0.3) is 0 Å². The summed E-state index contributed by atoms with van der Waals surface area (Å²) in [4.78, 5) is 2.36. The first-order valence-electron chi connectivity index (χ1n) is 14.6. The number of benzene rings is 5. The monoisotopic (exact) mass is 542 g/mol. The molecule has 42 heavy (non-hydrogen) atoms. The van der Waals surface area contributed by atoms with Gasteiger partial charge in [0.15, 0.2) is 0 Å². The number of aromatic nitrogens is 1. The van der Waals surface area contributed by atoms with E-state index in [1.165, 1.54) is 50.0 Å². The Morgan fingerprint density at radius 2 is 1.14 bits per heavy atom. The lowest BCUT2D eigenvalue weighted by molar-refractivity contribution is 0.640. The molecule has 0 radical (unpaired) electrons. The van der Waals surface area contributed by atoms with Crippen molar-refractivity contribution in [3.63, 3.8) is 0 Å². The van der Waals surface area contributed by atoms with Crippen molar-refractivity contribution in [2.45, 2.75) is 19.3 Å². The first-order valence-corrected chi connectivity index (χ1v) is 14.6. The van der Waals surface area contributed by atoms with Crippen molar-refractivity contribution < 1.29 is 0 Å². The van der Waals surface area contributed by atoms with Gasteiger partial charge in [0.05, 0.1) is 11.0 Å². The molecule has 1 aliphatic heterocycles. The minimum atomic E-state index is -0.151. The van der Waals surface area contributed by atoms with Gasteiger partial charge < -0.3 is 9.47 Å². The maximum Gasteiger partial charge on any atom is 0.0541 e. The molecule has 0 unspecified atom stereocenters. The molecule has 5 aromatic carbocycles. The van der Waals surface area contributed by atoms with E-state index in [-0.39, 0.29) is 5.41 Å². The summed E-state index contributed by atoms with van der Waals surface area (Å²) in [7, 11) is 0. The highest BCUT2D eigenvalue weighted by Crippen LogP contribution is 2.37. The molecule has 0 amide bonds. The van der Waals surface area contributed by atoms with Crippen LogP contribution in [0.4, 0.5) is 11.4 Å². The Labute approximate surface area is 248 Å². The quantitative estimate of drug-likeness (QED) is 0.215. The van der Waals surface area contributed by atoms with Crippen LogP contribution < -0.4 is 4.90 Å². The molecule has 0 atom stereocenters. The molecule has 2 heteroatoms. The third kappa shape index (κ3) is 4.37. The van der Waals surface area contributed by atoms with E-state index >= 15 is 0 Å². The normalized spacial score (nSPS) is 15.2. The van der Waals surface area contributed by atoms with Crippen LogP contribution in [0.25, 0.3) is 33.1 Å². The van der Waals surface area contributed by atoms with Crippen molar-refractivity contribution in [2.75, 3.05) is 11.4 Å². The van der Waals surface area contributed by atoms with Crippen molar-refractivity contribution in [3.8, 4) is 5.69 Å². The number of nitrogens with zero attached hydrogens (tertiary/aromatic N) is 2. The Balaban J connectivity index is 1.21. The van der Waals surface area contributed by atoms with Crippen LogP contribution in [-0.2, 0) is 5.41 Å². The molecule has 0 saturated carbocycles. The van der Waals surface area contributed by atoms with Crippen molar-refractivity contribution in [2.24, 2.45) is 0 Å². The zero-order valence-corrected chi connectivity index (χ0v) is 24.2. The summed E-state index contributed by atoms with van der Waals surface area (Å²) in [6.07, 6.45) is 8.45. The fourth-order valence-electron chi connectivity index (χ4n) is 6.28. The summed E-state index contributed by atoms with van der Waals surface area (Å²) >= 11 is 0. The Hall–Kier alpha value is -5.08. The minimum absolute atomic E-state index is 0.151. The van der Waals surface area contributed by atoms with Gasteiger partial charge in [-0.1, -0.05) is 124 Å². The van der Waals surface area contributed by atoms with E-state index in [2.05, 4.69) is 176 Å². The lowest BCUT2D eigenvalue weighted by Gasteiger charge is -2.29. The van der Waals surface area contributed by atoms with E-state index in [1.807, 2.05) is 0 Å². The van der Waals surface area contributed by atoms with E-state index in [0.29, 0.717) is 0 Å². The first-order chi connectivity index (χ1) is 20.5. The minimum Gasteiger partial charge on any atom is -0.337 e. The Bertz CT molecular complexity index is 1930. The second-order valence-electron chi connectivity index (χ2n) is 11.5.